The minimum absolute atomic E-state index is 0.0246. The van der Waals surface area contributed by atoms with E-state index in [2.05, 4.69) is 10.0 Å². The first-order valence-electron chi connectivity index (χ1n) is 10.7. The van der Waals surface area contributed by atoms with Gasteiger partial charge in [0, 0.05) is 32.6 Å². The molecule has 0 unspecified atom stereocenters. The number of hydrogen-bond donors (Lipinski definition) is 2. The zero-order valence-corrected chi connectivity index (χ0v) is 20.3. The maximum Gasteiger partial charge on any atom is 0.240 e. The molecule has 3 rings (SSSR count). The van der Waals surface area contributed by atoms with Gasteiger partial charge in [-0.2, -0.15) is 0 Å². The zero-order chi connectivity index (χ0) is 24.6. The first kappa shape index (κ1) is 25.1. The minimum Gasteiger partial charge on any atom is -0.493 e. The molecule has 0 aliphatic carbocycles. The van der Waals surface area contributed by atoms with Crippen molar-refractivity contribution in [1.82, 2.24) is 4.72 Å². The molecule has 9 heteroatoms. The van der Waals surface area contributed by atoms with E-state index in [-0.39, 0.29) is 23.8 Å². The summed E-state index contributed by atoms with van der Waals surface area (Å²) < 4.78 is 38.0. The van der Waals surface area contributed by atoms with Gasteiger partial charge in [-0.05, 0) is 29.8 Å². The third-order valence-corrected chi connectivity index (χ3v) is 6.62. The Labute approximate surface area is 200 Å². The standard InChI is InChI=1S/C25H29N3O5S/c1-28(18-19-9-5-4-6-10-19)22-12-8-7-11-21(22)27-25(29)15-16-26-34(30,31)20-13-14-23(32-2)24(17-20)33-3/h4-14,17,26H,15-16,18H2,1-3H3,(H,27,29). The second-order valence-electron chi connectivity index (χ2n) is 7.57. The number of rotatable bonds is 11. The lowest BCUT2D eigenvalue weighted by Gasteiger charge is -2.23. The van der Waals surface area contributed by atoms with E-state index >= 15 is 0 Å². The quantitative estimate of drug-likeness (QED) is 0.432. The first-order chi connectivity index (χ1) is 16.3. The maximum atomic E-state index is 12.6. The smallest absolute Gasteiger partial charge is 0.240 e. The highest BCUT2D eigenvalue weighted by molar-refractivity contribution is 7.89. The van der Waals surface area contributed by atoms with Crippen molar-refractivity contribution in [1.29, 1.82) is 0 Å². The maximum absolute atomic E-state index is 12.6. The molecular weight excluding hydrogens is 454 g/mol. The van der Waals surface area contributed by atoms with Gasteiger partial charge in [0.05, 0.1) is 30.5 Å². The molecule has 0 spiro atoms. The average molecular weight is 484 g/mol. The van der Waals surface area contributed by atoms with Crippen LogP contribution < -0.4 is 24.4 Å². The Hall–Kier alpha value is -3.56. The Morgan fingerprint density at radius 3 is 2.29 bits per heavy atom. The number of para-hydroxylation sites is 2. The Bertz CT molecular complexity index is 1220. The van der Waals surface area contributed by atoms with Crippen molar-refractivity contribution in [2.24, 2.45) is 0 Å². The molecule has 34 heavy (non-hydrogen) atoms. The first-order valence-corrected chi connectivity index (χ1v) is 12.2. The average Bonchev–Trinajstić information content (AvgIpc) is 2.84. The molecule has 0 saturated carbocycles. The zero-order valence-electron chi connectivity index (χ0n) is 19.4. The number of methoxy groups -OCH3 is 2. The number of nitrogens with one attached hydrogen (secondary N) is 2. The molecule has 0 aliphatic heterocycles. The largest absolute Gasteiger partial charge is 0.493 e. The lowest BCUT2D eigenvalue weighted by molar-refractivity contribution is -0.116. The third kappa shape index (κ3) is 6.49. The molecule has 0 fully saturated rings. The summed E-state index contributed by atoms with van der Waals surface area (Å²) in [6, 6.07) is 21.8. The minimum atomic E-state index is -3.82. The van der Waals surface area contributed by atoms with Gasteiger partial charge < -0.3 is 19.7 Å². The predicted octanol–water partition coefficient (Wildman–Crippen LogP) is 3.65. The predicted molar refractivity (Wildman–Crippen MR) is 133 cm³/mol. The second-order valence-corrected chi connectivity index (χ2v) is 9.34. The summed E-state index contributed by atoms with van der Waals surface area (Å²) in [5.74, 6) is 0.437. The Balaban J connectivity index is 1.59. The molecule has 0 heterocycles. The number of carbonyl (C=O) groups is 1. The lowest BCUT2D eigenvalue weighted by Crippen LogP contribution is -2.28. The molecule has 0 radical (unpaired) electrons. The fourth-order valence-electron chi connectivity index (χ4n) is 3.43. The SMILES string of the molecule is COc1ccc(S(=O)(=O)NCCC(=O)Nc2ccccc2N(C)Cc2ccccc2)cc1OC. The summed E-state index contributed by atoms with van der Waals surface area (Å²) in [6.45, 7) is 0.628. The normalized spacial score (nSPS) is 11.0. The van der Waals surface area contributed by atoms with Gasteiger partial charge >= 0.3 is 0 Å². The van der Waals surface area contributed by atoms with Crippen LogP contribution >= 0.6 is 0 Å². The van der Waals surface area contributed by atoms with Gasteiger partial charge in [0.15, 0.2) is 11.5 Å². The molecule has 180 valence electrons. The van der Waals surface area contributed by atoms with Crippen molar-refractivity contribution in [3.8, 4) is 11.5 Å². The third-order valence-electron chi connectivity index (χ3n) is 5.16. The second kappa shape index (κ2) is 11.5. The number of carbonyl (C=O) groups excluding carboxylic acids is 1. The van der Waals surface area contributed by atoms with E-state index < -0.39 is 10.0 Å². The highest BCUT2D eigenvalue weighted by atomic mass is 32.2. The monoisotopic (exact) mass is 483 g/mol. The fraction of sp³-hybridized carbons (Fsp3) is 0.240. The highest BCUT2D eigenvalue weighted by Crippen LogP contribution is 2.29. The van der Waals surface area contributed by atoms with Gasteiger partial charge in [-0.1, -0.05) is 42.5 Å². The van der Waals surface area contributed by atoms with E-state index in [9.17, 15) is 13.2 Å². The van der Waals surface area contributed by atoms with Crippen molar-refractivity contribution in [2.45, 2.75) is 17.9 Å². The number of sulfonamides is 1. The number of nitrogens with zero attached hydrogens (tertiary/aromatic N) is 1. The van der Waals surface area contributed by atoms with Crippen LogP contribution in [-0.2, 0) is 21.4 Å². The van der Waals surface area contributed by atoms with E-state index in [1.807, 2.05) is 66.5 Å². The van der Waals surface area contributed by atoms with Crippen molar-refractivity contribution < 1.29 is 22.7 Å². The van der Waals surface area contributed by atoms with Gasteiger partial charge in [0.1, 0.15) is 0 Å². The lowest BCUT2D eigenvalue weighted by atomic mass is 10.2. The van der Waals surface area contributed by atoms with E-state index in [4.69, 9.17) is 9.47 Å². The number of hydrogen-bond acceptors (Lipinski definition) is 6. The topological polar surface area (TPSA) is 97.0 Å². The van der Waals surface area contributed by atoms with Crippen LogP contribution in [0, 0.1) is 0 Å². The van der Waals surface area contributed by atoms with Crippen molar-refractivity contribution in [3.05, 3.63) is 78.4 Å². The van der Waals surface area contributed by atoms with Gasteiger partial charge in [0.2, 0.25) is 15.9 Å². The van der Waals surface area contributed by atoms with Crippen LogP contribution in [0.3, 0.4) is 0 Å². The summed E-state index contributed by atoms with van der Waals surface area (Å²) in [5, 5.41) is 2.88. The fourth-order valence-corrected chi connectivity index (χ4v) is 4.48. The number of amides is 1. The molecule has 0 saturated heterocycles. The summed E-state index contributed by atoms with van der Waals surface area (Å²) in [4.78, 5) is 14.6. The van der Waals surface area contributed by atoms with Crippen LogP contribution in [0.2, 0.25) is 0 Å². The number of anilines is 2. The number of benzene rings is 3. The van der Waals surface area contributed by atoms with Crippen LogP contribution in [0.5, 0.6) is 11.5 Å². The Morgan fingerprint density at radius 1 is 0.912 bits per heavy atom. The molecular formula is C25H29N3O5S. The van der Waals surface area contributed by atoms with Crippen LogP contribution in [0.4, 0.5) is 11.4 Å². The van der Waals surface area contributed by atoms with Gasteiger partial charge in [0.25, 0.3) is 0 Å². The molecule has 3 aromatic rings. The van der Waals surface area contributed by atoms with Gasteiger partial charge in [-0.3, -0.25) is 4.79 Å². The summed E-state index contributed by atoms with van der Waals surface area (Å²) in [6.07, 6.45) is -0.0246. The molecule has 3 aromatic carbocycles. The van der Waals surface area contributed by atoms with Crippen LogP contribution in [-0.4, -0.2) is 42.1 Å². The molecule has 2 N–H and O–H groups in total. The highest BCUT2D eigenvalue weighted by Gasteiger charge is 2.18. The summed E-state index contributed by atoms with van der Waals surface area (Å²) >= 11 is 0. The Kier molecular flexibility index (Phi) is 8.50. The number of ether oxygens (including phenoxy) is 2. The van der Waals surface area contributed by atoms with Crippen LogP contribution in [0.1, 0.15) is 12.0 Å². The molecule has 0 atom stereocenters. The van der Waals surface area contributed by atoms with E-state index in [1.54, 1.807) is 0 Å². The van der Waals surface area contributed by atoms with Crippen LogP contribution in [0.15, 0.2) is 77.7 Å². The van der Waals surface area contributed by atoms with Gasteiger partial charge in [-0.15, -0.1) is 0 Å². The van der Waals surface area contributed by atoms with Crippen LogP contribution in [0.25, 0.3) is 0 Å². The summed E-state index contributed by atoms with van der Waals surface area (Å²) in [5.41, 5.74) is 2.68. The van der Waals surface area contributed by atoms with E-state index in [0.29, 0.717) is 23.7 Å². The molecule has 0 bridgehead atoms. The van der Waals surface area contributed by atoms with Crippen molar-refractivity contribution in [3.63, 3.8) is 0 Å². The van der Waals surface area contributed by atoms with E-state index in [1.165, 1.54) is 32.4 Å². The molecule has 1 amide bonds. The van der Waals surface area contributed by atoms with E-state index in [0.717, 1.165) is 11.3 Å². The summed E-state index contributed by atoms with van der Waals surface area (Å²) in [7, 11) is 1.04. The van der Waals surface area contributed by atoms with Crippen molar-refractivity contribution >= 4 is 27.3 Å². The Morgan fingerprint density at radius 2 is 1.59 bits per heavy atom. The molecule has 8 nitrogen and oxygen atoms in total. The van der Waals surface area contributed by atoms with Crippen molar-refractivity contribution in [2.75, 3.05) is 38.0 Å². The molecule has 0 aliphatic rings. The van der Waals surface area contributed by atoms with Gasteiger partial charge in [-0.25, -0.2) is 13.1 Å². The molecule has 0 aromatic heterocycles.